The number of hydrogen-bond acceptors (Lipinski definition) is 3. The number of carbonyl (C=O) groups is 2. The molecule has 0 aromatic heterocycles. The molecular formula is C14H24N2O4. The molecule has 2 unspecified atom stereocenters. The van der Waals surface area contributed by atoms with E-state index in [4.69, 9.17) is 9.84 Å². The van der Waals surface area contributed by atoms with Crippen LogP contribution in [0.1, 0.15) is 51.9 Å². The number of carboxylic acid groups (broad SMARTS) is 1. The first kappa shape index (κ1) is 15.1. The molecule has 114 valence electrons. The summed E-state index contributed by atoms with van der Waals surface area (Å²) in [7, 11) is 0. The lowest BCUT2D eigenvalue weighted by molar-refractivity contribution is -0.149. The van der Waals surface area contributed by atoms with Crippen molar-refractivity contribution in [1.29, 1.82) is 0 Å². The summed E-state index contributed by atoms with van der Waals surface area (Å²) in [4.78, 5) is 22.7. The van der Waals surface area contributed by atoms with Gasteiger partial charge in [0.1, 0.15) is 0 Å². The Hall–Kier alpha value is -1.30. The number of rotatable bonds is 4. The highest BCUT2D eigenvalue weighted by atomic mass is 16.5. The SMILES string of the molecule is CC1(NC(=O)NCC2CCC(C(=O)O)O2)CCCCC1. The molecule has 6 heteroatoms. The fraction of sp³-hybridized carbons (Fsp3) is 0.857. The van der Waals surface area contributed by atoms with Crippen LogP contribution in [0.5, 0.6) is 0 Å². The lowest BCUT2D eigenvalue weighted by atomic mass is 9.83. The van der Waals surface area contributed by atoms with Gasteiger partial charge < -0.3 is 20.5 Å². The molecule has 1 aliphatic heterocycles. The van der Waals surface area contributed by atoms with Crippen LogP contribution in [0.25, 0.3) is 0 Å². The van der Waals surface area contributed by atoms with Gasteiger partial charge in [0, 0.05) is 12.1 Å². The van der Waals surface area contributed by atoms with Crippen molar-refractivity contribution in [3.63, 3.8) is 0 Å². The van der Waals surface area contributed by atoms with Crippen molar-refractivity contribution in [2.24, 2.45) is 0 Å². The summed E-state index contributed by atoms with van der Waals surface area (Å²) in [5.41, 5.74) is -0.109. The van der Waals surface area contributed by atoms with Gasteiger partial charge in [-0.1, -0.05) is 19.3 Å². The maximum Gasteiger partial charge on any atom is 0.332 e. The van der Waals surface area contributed by atoms with Crippen LogP contribution in [-0.4, -0.2) is 41.4 Å². The summed E-state index contributed by atoms with van der Waals surface area (Å²) in [6, 6.07) is -0.184. The molecule has 1 heterocycles. The summed E-state index contributed by atoms with van der Waals surface area (Å²) >= 11 is 0. The maximum atomic E-state index is 11.9. The Morgan fingerprint density at radius 1 is 1.25 bits per heavy atom. The van der Waals surface area contributed by atoms with Crippen LogP contribution < -0.4 is 10.6 Å². The van der Waals surface area contributed by atoms with E-state index >= 15 is 0 Å². The zero-order valence-electron chi connectivity index (χ0n) is 12.0. The standard InChI is InChI=1S/C14H24N2O4/c1-14(7-3-2-4-8-14)16-13(19)15-9-10-5-6-11(20-10)12(17)18/h10-11H,2-9H2,1H3,(H,17,18)(H2,15,16,19). The van der Waals surface area contributed by atoms with Gasteiger partial charge in [0.05, 0.1) is 6.10 Å². The molecule has 6 nitrogen and oxygen atoms in total. The van der Waals surface area contributed by atoms with Crippen molar-refractivity contribution in [2.45, 2.75) is 69.6 Å². The van der Waals surface area contributed by atoms with E-state index in [0.717, 1.165) is 25.7 Å². The first-order valence-corrected chi connectivity index (χ1v) is 7.43. The topological polar surface area (TPSA) is 87.7 Å². The second kappa shape index (κ2) is 6.43. The van der Waals surface area contributed by atoms with Crippen molar-refractivity contribution in [1.82, 2.24) is 10.6 Å². The van der Waals surface area contributed by atoms with Gasteiger partial charge in [-0.2, -0.15) is 0 Å². The lowest BCUT2D eigenvalue weighted by Gasteiger charge is -2.34. The molecule has 2 rings (SSSR count). The van der Waals surface area contributed by atoms with Gasteiger partial charge in [0.2, 0.25) is 0 Å². The number of amides is 2. The van der Waals surface area contributed by atoms with Gasteiger partial charge >= 0.3 is 12.0 Å². The molecule has 2 aliphatic rings. The highest BCUT2D eigenvalue weighted by Gasteiger charge is 2.31. The van der Waals surface area contributed by atoms with Crippen molar-refractivity contribution in [3.05, 3.63) is 0 Å². The molecule has 2 amide bonds. The number of hydrogen-bond donors (Lipinski definition) is 3. The van der Waals surface area contributed by atoms with Crippen LogP contribution >= 0.6 is 0 Å². The van der Waals surface area contributed by atoms with Crippen LogP contribution in [0.4, 0.5) is 4.79 Å². The Morgan fingerprint density at radius 2 is 1.95 bits per heavy atom. The van der Waals surface area contributed by atoms with E-state index in [-0.39, 0.29) is 17.7 Å². The molecule has 3 N–H and O–H groups in total. The van der Waals surface area contributed by atoms with Gasteiger partial charge in [-0.05, 0) is 32.6 Å². The third-order valence-corrected chi connectivity index (χ3v) is 4.25. The smallest absolute Gasteiger partial charge is 0.332 e. The summed E-state index contributed by atoms with van der Waals surface area (Å²) in [5, 5.41) is 14.7. The van der Waals surface area contributed by atoms with Crippen LogP contribution in [-0.2, 0) is 9.53 Å². The minimum absolute atomic E-state index is 0.109. The molecule has 1 saturated carbocycles. The van der Waals surface area contributed by atoms with Crippen LogP contribution in [0, 0.1) is 0 Å². The second-order valence-corrected chi connectivity index (χ2v) is 6.12. The molecule has 2 atom stereocenters. The fourth-order valence-electron chi connectivity index (χ4n) is 3.02. The predicted octanol–water partition coefficient (Wildman–Crippen LogP) is 1.64. The van der Waals surface area contributed by atoms with Crippen molar-refractivity contribution in [3.8, 4) is 0 Å². The number of nitrogens with one attached hydrogen (secondary N) is 2. The average molecular weight is 284 g/mol. The van der Waals surface area contributed by atoms with E-state index in [1.165, 1.54) is 6.42 Å². The Morgan fingerprint density at radius 3 is 2.55 bits per heavy atom. The first-order valence-electron chi connectivity index (χ1n) is 7.43. The summed E-state index contributed by atoms with van der Waals surface area (Å²) in [6.45, 7) is 2.45. The van der Waals surface area contributed by atoms with Gasteiger partial charge in [0.25, 0.3) is 0 Å². The third-order valence-electron chi connectivity index (χ3n) is 4.25. The third kappa shape index (κ3) is 4.10. The molecule has 20 heavy (non-hydrogen) atoms. The van der Waals surface area contributed by atoms with Gasteiger partial charge in [-0.25, -0.2) is 9.59 Å². The first-order chi connectivity index (χ1) is 9.48. The Balaban J connectivity index is 1.69. The Kier molecular flexibility index (Phi) is 4.86. The zero-order chi connectivity index (χ0) is 14.6. The summed E-state index contributed by atoms with van der Waals surface area (Å²) < 4.78 is 5.35. The van der Waals surface area contributed by atoms with Gasteiger partial charge in [-0.3, -0.25) is 0 Å². The van der Waals surface area contributed by atoms with Crippen LogP contribution in [0.3, 0.4) is 0 Å². The Bertz CT molecular complexity index is 366. The number of carbonyl (C=O) groups excluding carboxylic acids is 1. The normalized spacial score (nSPS) is 28.9. The van der Waals surface area contributed by atoms with E-state index in [0.29, 0.717) is 19.4 Å². The van der Waals surface area contributed by atoms with Crippen molar-refractivity contribution in [2.75, 3.05) is 6.54 Å². The van der Waals surface area contributed by atoms with Crippen molar-refractivity contribution >= 4 is 12.0 Å². The molecule has 1 aliphatic carbocycles. The van der Waals surface area contributed by atoms with E-state index in [2.05, 4.69) is 17.6 Å². The number of ether oxygens (including phenoxy) is 1. The largest absolute Gasteiger partial charge is 0.479 e. The Labute approximate surface area is 119 Å². The minimum Gasteiger partial charge on any atom is -0.479 e. The maximum absolute atomic E-state index is 11.9. The summed E-state index contributed by atoms with van der Waals surface area (Å²) in [5.74, 6) is -0.924. The monoisotopic (exact) mass is 284 g/mol. The molecule has 0 aromatic carbocycles. The molecule has 0 spiro atoms. The molecule has 1 saturated heterocycles. The zero-order valence-corrected chi connectivity index (χ0v) is 12.0. The number of aliphatic carboxylic acids is 1. The summed E-state index contributed by atoms with van der Waals surface area (Å²) in [6.07, 6.45) is 5.86. The van der Waals surface area contributed by atoms with Gasteiger partial charge in [0.15, 0.2) is 6.10 Å². The molecule has 0 radical (unpaired) electrons. The molecule has 0 aromatic rings. The van der Waals surface area contributed by atoms with E-state index in [9.17, 15) is 9.59 Å². The fourth-order valence-corrected chi connectivity index (χ4v) is 3.02. The highest BCUT2D eigenvalue weighted by Crippen LogP contribution is 2.27. The molecule has 0 bridgehead atoms. The quantitative estimate of drug-likeness (QED) is 0.732. The number of urea groups is 1. The predicted molar refractivity (Wildman–Crippen MR) is 73.6 cm³/mol. The average Bonchev–Trinajstić information content (AvgIpc) is 2.85. The second-order valence-electron chi connectivity index (χ2n) is 6.12. The van der Waals surface area contributed by atoms with E-state index in [1.807, 2.05) is 0 Å². The molecule has 2 fully saturated rings. The minimum atomic E-state index is -0.924. The van der Waals surface area contributed by atoms with E-state index in [1.54, 1.807) is 0 Å². The van der Waals surface area contributed by atoms with Crippen LogP contribution in [0.15, 0.2) is 0 Å². The van der Waals surface area contributed by atoms with E-state index < -0.39 is 12.1 Å². The lowest BCUT2D eigenvalue weighted by Crippen LogP contribution is -2.52. The van der Waals surface area contributed by atoms with Crippen molar-refractivity contribution < 1.29 is 19.4 Å². The van der Waals surface area contributed by atoms with Crippen LogP contribution in [0.2, 0.25) is 0 Å². The number of carboxylic acids is 1. The molecular weight excluding hydrogens is 260 g/mol. The van der Waals surface area contributed by atoms with Gasteiger partial charge in [-0.15, -0.1) is 0 Å². The highest BCUT2D eigenvalue weighted by molar-refractivity contribution is 5.75.